The number of amides is 1. The summed E-state index contributed by atoms with van der Waals surface area (Å²) in [6, 6.07) is -0.0723. The molecule has 1 heterocycles. The first kappa shape index (κ1) is 11.5. The van der Waals surface area contributed by atoms with Gasteiger partial charge in [-0.05, 0) is 32.4 Å². The summed E-state index contributed by atoms with van der Waals surface area (Å²) in [5.41, 5.74) is 0. The van der Waals surface area contributed by atoms with Gasteiger partial charge >= 0.3 is 0 Å². The molecule has 14 heavy (non-hydrogen) atoms. The summed E-state index contributed by atoms with van der Waals surface area (Å²) in [5.74, 6) is 0.621. The number of carbonyl (C=O) groups is 1. The molecule has 1 amide bonds. The average molecular weight is 200 g/mol. The number of aliphatic hydroxyl groups excluding tert-OH is 1. The van der Waals surface area contributed by atoms with Crippen molar-refractivity contribution >= 4 is 5.91 Å². The number of carbonyl (C=O) groups excluding carboxylic acids is 1. The predicted octanol–water partition coefficient (Wildman–Crippen LogP) is -0.175. The van der Waals surface area contributed by atoms with E-state index in [0.29, 0.717) is 12.3 Å². The van der Waals surface area contributed by atoms with Crippen LogP contribution < -0.4 is 5.32 Å². The van der Waals surface area contributed by atoms with Gasteiger partial charge in [0.25, 0.3) is 0 Å². The number of hydrogen-bond donors (Lipinski definition) is 2. The number of likely N-dealkylation sites (N-methyl/N-ethyl adjacent to an activating group) is 1. The summed E-state index contributed by atoms with van der Waals surface area (Å²) < 4.78 is 0. The third-order valence-electron chi connectivity index (χ3n) is 2.94. The van der Waals surface area contributed by atoms with Gasteiger partial charge < -0.3 is 15.3 Å². The molecule has 2 unspecified atom stereocenters. The van der Waals surface area contributed by atoms with Crippen molar-refractivity contribution in [1.29, 1.82) is 0 Å². The minimum Gasteiger partial charge on any atom is -0.394 e. The maximum absolute atomic E-state index is 11.7. The Morgan fingerprint density at radius 1 is 1.71 bits per heavy atom. The van der Waals surface area contributed by atoms with Crippen LogP contribution in [0.25, 0.3) is 0 Å². The first-order chi connectivity index (χ1) is 6.65. The highest BCUT2D eigenvalue weighted by Gasteiger charge is 2.21. The number of nitrogens with one attached hydrogen (secondary N) is 1. The predicted molar refractivity (Wildman–Crippen MR) is 54.9 cm³/mol. The Balaban J connectivity index is 2.32. The van der Waals surface area contributed by atoms with Crippen LogP contribution in [0.15, 0.2) is 0 Å². The molecule has 0 aromatic carbocycles. The minimum atomic E-state index is -0.0723. The van der Waals surface area contributed by atoms with Crippen molar-refractivity contribution in [3.05, 3.63) is 0 Å². The molecule has 0 aromatic heterocycles. The molecule has 2 N–H and O–H groups in total. The second kappa shape index (κ2) is 5.32. The Kier molecular flexibility index (Phi) is 4.35. The van der Waals surface area contributed by atoms with Crippen LogP contribution >= 0.6 is 0 Å². The van der Waals surface area contributed by atoms with Gasteiger partial charge in [-0.1, -0.05) is 0 Å². The fraction of sp³-hybridized carbons (Fsp3) is 0.900. The lowest BCUT2D eigenvalue weighted by Crippen LogP contribution is -2.38. The van der Waals surface area contributed by atoms with E-state index in [0.717, 1.165) is 19.5 Å². The Morgan fingerprint density at radius 2 is 2.43 bits per heavy atom. The molecule has 1 fully saturated rings. The first-order valence-electron chi connectivity index (χ1n) is 5.22. The molecule has 82 valence electrons. The molecule has 0 saturated carbocycles. The van der Waals surface area contributed by atoms with Gasteiger partial charge in [0.05, 0.1) is 12.6 Å². The zero-order valence-corrected chi connectivity index (χ0v) is 8.99. The molecule has 2 atom stereocenters. The highest BCUT2D eigenvalue weighted by atomic mass is 16.3. The van der Waals surface area contributed by atoms with E-state index in [2.05, 4.69) is 5.32 Å². The lowest BCUT2D eigenvalue weighted by Gasteiger charge is -2.24. The lowest BCUT2D eigenvalue weighted by atomic mass is 10.0. The molecular weight excluding hydrogens is 180 g/mol. The Labute approximate surface area is 85.3 Å². The van der Waals surface area contributed by atoms with Crippen LogP contribution in [0, 0.1) is 5.92 Å². The molecule has 4 heteroatoms. The van der Waals surface area contributed by atoms with Gasteiger partial charge in [-0.2, -0.15) is 0 Å². The molecule has 0 aliphatic carbocycles. The Bertz CT molecular complexity index is 191. The largest absolute Gasteiger partial charge is 0.394 e. The van der Waals surface area contributed by atoms with E-state index in [9.17, 15) is 4.79 Å². The normalized spacial score (nSPS) is 23.5. The third kappa shape index (κ3) is 2.96. The first-order valence-corrected chi connectivity index (χ1v) is 5.22. The minimum absolute atomic E-state index is 0.0329. The smallest absolute Gasteiger partial charge is 0.222 e. The quantitative estimate of drug-likeness (QED) is 0.662. The van der Waals surface area contributed by atoms with Crippen molar-refractivity contribution in [2.75, 3.05) is 26.7 Å². The lowest BCUT2D eigenvalue weighted by molar-refractivity contribution is -0.133. The van der Waals surface area contributed by atoms with E-state index in [1.807, 2.05) is 6.92 Å². The van der Waals surface area contributed by atoms with Crippen LogP contribution in [0.2, 0.25) is 0 Å². The van der Waals surface area contributed by atoms with Crippen molar-refractivity contribution in [2.45, 2.75) is 25.8 Å². The van der Waals surface area contributed by atoms with Crippen molar-refractivity contribution in [3.63, 3.8) is 0 Å². The molecule has 4 nitrogen and oxygen atoms in total. The molecule has 1 aliphatic heterocycles. The Hall–Kier alpha value is -0.610. The summed E-state index contributed by atoms with van der Waals surface area (Å²) >= 11 is 0. The number of hydrogen-bond acceptors (Lipinski definition) is 3. The van der Waals surface area contributed by atoms with Crippen LogP contribution in [-0.4, -0.2) is 48.7 Å². The summed E-state index contributed by atoms with van der Waals surface area (Å²) in [4.78, 5) is 13.3. The van der Waals surface area contributed by atoms with E-state index in [1.54, 1.807) is 11.9 Å². The standard InChI is InChI=1S/C10H20N2O2/c1-8(7-13)12(2)10(14)5-9-3-4-11-6-9/h8-9,11,13H,3-7H2,1-2H3. The highest BCUT2D eigenvalue weighted by molar-refractivity contribution is 5.76. The second-order valence-corrected chi connectivity index (χ2v) is 4.10. The zero-order chi connectivity index (χ0) is 10.6. The van der Waals surface area contributed by atoms with Crippen molar-refractivity contribution in [3.8, 4) is 0 Å². The van der Waals surface area contributed by atoms with Gasteiger partial charge in [0.2, 0.25) is 5.91 Å². The van der Waals surface area contributed by atoms with Crippen molar-refractivity contribution < 1.29 is 9.90 Å². The Morgan fingerprint density at radius 3 is 2.93 bits per heavy atom. The maximum atomic E-state index is 11.7. The van der Waals surface area contributed by atoms with E-state index >= 15 is 0 Å². The van der Waals surface area contributed by atoms with Gasteiger partial charge in [-0.15, -0.1) is 0 Å². The van der Waals surface area contributed by atoms with Gasteiger partial charge in [-0.3, -0.25) is 4.79 Å². The van der Waals surface area contributed by atoms with Crippen LogP contribution in [-0.2, 0) is 4.79 Å². The fourth-order valence-corrected chi connectivity index (χ4v) is 1.65. The molecule has 1 rings (SSSR count). The summed E-state index contributed by atoms with van der Waals surface area (Å²) in [6.07, 6.45) is 1.70. The van der Waals surface area contributed by atoms with Crippen LogP contribution in [0.1, 0.15) is 19.8 Å². The van der Waals surface area contributed by atoms with Crippen molar-refractivity contribution in [2.24, 2.45) is 5.92 Å². The highest BCUT2D eigenvalue weighted by Crippen LogP contribution is 2.14. The molecule has 0 aromatic rings. The molecule has 1 aliphatic rings. The number of nitrogens with zero attached hydrogens (tertiary/aromatic N) is 1. The molecular formula is C10H20N2O2. The SMILES string of the molecule is CC(CO)N(C)C(=O)CC1CCNC1. The van der Waals surface area contributed by atoms with E-state index in [1.165, 1.54) is 0 Å². The summed E-state index contributed by atoms with van der Waals surface area (Å²) in [7, 11) is 1.76. The van der Waals surface area contributed by atoms with E-state index in [-0.39, 0.29) is 18.6 Å². The molecule has 0 bridgehead atoms. The topological polar surface area (TPSA) is 52.6 Å². The van der Waals surface area contributed by atoms with Gasteiger partial charge in [0, 0.05) is 13.5 Å². The van der Waals surface area contributed by atoms with Crippen LogP contribution in [0.5, 0.6) is 0 Å². The maximum Gasteiger partial charge on any atom is 0.222 e. The second-order valence-electron chi connectivity index (χ2n) is 4.10. The van der Waals surface area contributed by atoms with Gasteiger partial charge in [0.1, 0.15) is 0 Å². The fourth-order valence-electron chi connectivity index (χ4n) is 1.65. The molecule has 1 saturated heterocycles. The summed E-state index contributed by atoms with van der Waals surface area (Å²) in [5, 5.41) is 12.1. The van der Waals surface area contributed by atoms with Crippen molar-refractivity contribution in [1.82, 2.24) is 10.2 Å². The zero-order valence-electron chi connectivity index (χ0n) is 8.99. The number of rotatable bonds is 4. The van der Waals surface area contributed by atoms with Crippen LogP contribution in [0.3, 0.4) is 0 Å². The monoisotopic (exact) mass is 200 g/mol. The number of aliphatic hydroxyl groups is 1. The van der Waals surface area contributed by atoms with Crippen LogP contribution in [0.4, 0.5) is 0 Å². The van der Waals surface area contributed by atoms with Gasteiger partial charge in [-0.25, -0.2) is 0 Å². The molecule has 0 spiro atoms. The van der Waals surface area contributed by atoms with E-state index < -0.39 is 0 Å². The summed E-state index contributed by atoms with van der Waals surface area (Å²) in [6.45, 7) is 3.86. The average Bonchev–Trinajstić information content (AvgIpc) is 2.68. The molecule has 0 radical (unpaired) electrons. The van der Waals surface area contributed by atoms with Gasteiger partial charge in [0.15, 0.2) is 0 Å². The van der Waals surface area contributed by atoms with E-state index in [4.69, 9.17) is 5.11 Å². The third-order valence-corrected chi connectivity index (χ3v) is 2.94.